The number of aromatic nitrogens is 6. The van der Waals surface area contributed by atoms with Crippen LogP contribution in [0.25, 0.3) is 22.4 Å². The number of tetrazole rings is 1. The molecule has 0 saturated carbocycles. The van der Waals surface area contributed by atoms with Crippen LogP contribution in [0, 0.1) is 0 Å². The molecular weight excluding hydrogens is 482 g/mol. The third-order valence-electron chi connectivity index (χ3n) is 3.23. The van der Waals surface area contributed by atoms with Crippen LogP contribution in [-0.2, 0) is 6.54 Å². The van der Waals surface area contributed by atoms with Crippen molar-refractivity contribution in [2.45, 2.75) is 6.54 Å². The van der Waals surface area contributed by atoms with Gasteiger partial charge >= 0.3 is 0 Å². The Morgan fingerprint density at radius 3 is 2.76 bits per heavy atom. The second kappa shape index (κ2) is 7.10. The molecule has 2 heterocycles. The summed E-state index contributed by atoms with van der Waals surface area (Å²) in [4.78, 5) is 31.5. The fourth-order valence-electron chi connectivity index (χ4n) is 2.21. The van der Waals surface area contributed by atoms with Gasteiger partial charge in [-0.2, -0.15) is 0 Å². The molecule has 1 aromatic carbocycles. The second-order valence-corrected chi connectivity index (χ2v) is 6.50. The van der Waals surface area contributed by atoms with Crippen molar-refractivity contribution < 1.29 is 9.59 Å². The number of allylic oxidation sites excluding steroid dienone is 1. The van der Waals surface area contributed by atoms with Crippen molar-refractivity contribution in [1.29, 1.82) is 0 Å². The summed E-state index contributed by atoms with van der Waals surface area (Å²) in [7, 11) is 0. The zero-order valence-electron chi connectivity index (χ0n) is 12.3. The van der Waals surface area contributed by atoms with E-state index in [4.69, 9.17) is 23.2 Å². The Balaban J connectivity index is 2.44. The van der Waals surface area contributed by atoms with Gasteiger partial charge in [0.1, 0.15) is 16.9 Å². The molecule has 0 N–H and O–H groups in total. The molecule has 0 aliphatic rings. The first-order valence-corrected chi connectivity index (χ1v) is 8.53. The Bertz CT molecular complexity index is 1040. The van der Waals surface area contributed by atoms with Gasteiger partial charge in [0.15, 0.2) is 12.1 Å². The molecule has 0 fully saturated rings. The average molecular weight is 489 g/mol. The van der Waals surface area contributed by atoms with Gasteiger partial charge in [-0.1, -0.05) is 29.3 Å². The van der Waals surface area contributed by atoms with Gasteiger partial charge in [0, 0.05) is 22.6 Å². The largest absolute Gasteiger partial charge is 0.296 e. The number of halogens is 3. The maximum absolute atomic E-state index is 11.8. The first kappa shape index (κ1) is 17.8. The van der Waals surface area contributed by atoms with E-state index in [1.165, 1.54) is 33.3 Å². The summed E-state index contributed by atoms with van der Waals surface area (Å²) in [6, 6.07) is 1.46. The van der Waals surface area contributed by atoms with Gasteiger partial charge in [-0.05, 0) is 16.5 Å². The highest BCUT2D eigenvalue weighted by atomic mass is 127. The van der Waals surface area contributed by atoms with Crippen LogP contribution >= 0.6 is 45.8 Å². The molecule has 2 aromatic heterocycles. The maximum atomic E-state index is 11.8. The SMILES string of the molecule is C=CCn1nnnc1-c1c(Cl)c(Cl)cc2nc(C=O)c(C(=O)I)nc12. The Labute approximate surface area is 164 Å². The monoisotopic (exact) mass is 488 g/mol. The van der Waals surface area contributed by atoms with Crippen molar-refractivity contribution in [3.8, 4) is 11.4 Å². The number of rotatable bonds is 5. The van der Waals surface area contributed by atoms with Crippen LogP contribution in [0.2, 0.25) is 10.0 Å². The summed E-state index contributed by atoms with van der Waals surface area (Å²) < 4.78 is 1.02. The molecule has 126 valence electrons. The highest BCUT2D eigenvalue weighted by Gasteiger charge is 2.23. The van der Waals surface area contributed by atoms with Crippen LogP contribution < -0.4 is 0 Å². The third-order valence-corrected chi connectivity index (χ3v) is 4.53. The lowest BCUT2D eigenvalue weighted by Crippen LogP contribution is -2.07. The van der Waals surface area contributed by atoms with E-state index in [1.54, 1.807) is 6.08 Å². The van der Waals surface area contributed by atoms with E-state index in [9.17, 15) is 9.59 Å². The molecule has 0 unspecified atom stereocenters. The van der Waals surface area contributed by atoms with Crippen molar-refractivity contribution in [1.82, 2.24) is 30.2 Å². The molecule has 0 saturated heterocycles. The highest BCUT2D eigenvalue weighted by molar-refractivity contribution is 14.1. The molecule has 0 radical (unpaired) electrons. The summed E-state index contributed by atoms with van der Waals surface area (Å²) in [6.07, 6.45) is 2.07. The van der Waals surface area contributed by atoms with Gasteiger partial charge in [0.2, 0.25) is 3.79 Å². The molecule has 0 bridgehead atoms. The molecule has 11 heteroatoms. The van der Waals surface area contributed by atoms with E-state index in [1.807, 2.05) is 0 Å². The molecule has 3 rings (SSSR count). The van der Waals surface area contributed by atoms with Crippen molar-refractivity contribution in [2.75, 3.05) is 0 Å². The van der Waals surface area contributed by atoms with E-state index in [-0.39, 0.29) is 32.8 Å². The fourth-order valence-corrected chi connectivity index (χ4v) is 3.04. The predicted octanol–water partition coefficient (Wildman–Crippen LogP) is 3.16. The lowest BCUT2D eigenvalue weighted by Gasteiger charge is -2.10. The molecule has 0 amide bonds. The van der Waals surface area contributed by atoms with Gasteiger partial charge in [-0.25, -0.2) is 14.6 Å². The Morgan fingerprint density at radius 2 is 2.12 bits per heavy atom. The highest BCUT2D eigenvalue weighted by Crippen LogP contribution is 2.38. The lowest BCUT2D eigenvalue weighted by molar-refractivity contribution is 0.107. The number of carbonyl (C=O) groups is 2. The normalized spacial score (nSPS) is 10.8. The minimum Gasteiger partial charge on any atom is -0.296 e. The van der Waals surface area contributed by atoms with Gasteiger partial charge in [-0.15, -0.1) is 11.7 Å². The topological polar surface area (TPSA) is 104 Å². The van der Waals surface area contributed by atoms with Crippen LogP contribution in [0.1, 0.15) is 21.0 Å². The average Bonchev–Trinajstić information content (AvgIpc) is 3.03. The van der Waals surface area contributed by atoms with E-state index in [0.717, 1.165) is 0 Å². The smallest absolute Gasteiger partial charge is 0.242 e. The Hall–Kier alpha value is -1.98. The van der Waals surface area contributed by atoms with Crippen LogP contribution in [0.3, 0.4) is 0 Å². The van der Waals surface area contributed by atoms with Gasteiger partial charge in [-0.3, -0.25) is 9.59 Å². The predicted molar refractivity (Wildman–Crippen MR) is 100 cm³/mol. The minimum atomic E-state index is -0.434. The number of carbonyl (C=O) groups excluding carboxylic acids is 2. The summed E-state index contributed by atoms with van der Waals surface area (Å²) in [5.41, 5.74) is 0.716. The lowest BCUT2D eigenvalue weighted by atomic mass is 10.1. The molecule has 0 aliphatic heterocycles. The molecule has 3 aromatic rings. The number of nitrogens with zero attached hydrogens (tertiary/aromatic N) is 6. The van der Waals surface area contributed by atoms with Crippen molar-refractivity contribution in [2.24, 2.45) is 0 Å². The van der Waals surface area contributed by atoms with Crippen LogP contribution in [0.4, 0.5) is 0 Å². The zero-order valence-corrected chi connectivity index (χ0v) is 15.9. The summed E-state index contributed by atoms with van der Waals surface area (Å²) in [5.74, 6) is 0.289. The number of hydrogen-bond donors (Lipinski definition) is 0. The summed E-state index contributed by atoms with van der Waals surface area (Å²) in [6.45, 7) is 3.97. The zero-order chi connectivity index (χ0) is 18.1. The number of aldehydes is 1. The van der Waals surface area contributed by atoms with Crippen LogP contribution in [0.15, 0.2) is 18.7 Å². The van der Waals surface area contributed by atoms with Crippen molar-refractivity contribution >= 4 is 66.9 Å². The Morgan fingerprint density at radius 1 is 1.36 bits per heavy atom. The molecule has 25 heavy (non-hydrogen) atoms. The van der Waals surface area contributed by atoms with Gasteiger partial charge in [0.25, 0.3) is 0 Å². The Kier molecular flexibility index (Phi) is 5.06. The van der Waals surface area contributed by atoms with Gasteiger partial charge < -0.3 is 0 Å². The molecule has 8 nitrogen and oxygen atoms in total. The minimum absolute atomic E-state index is 0.0783. The summed E-state index contributed by atoms with van der Waals surface area (Å²) in [5, 5.41) is 11.8. The number of benzene rings is 1. The third kappa shape index (κ3) is 3.14. The number of hydrogen-bond acceptors (Lipinski definition) is 7. The molecule has 0 aliphatic carbocycles. The standard InChI is InChI=1S/C14H7Cl2IN6O2/c1-2-3-23-14(20-21-22-23)9-10(16)6(15)4-7-11(9)19-12(13(17)25)8(5-24)18-7/h2,4-5H,1,3H2. The van der Waals surface area contributed by atoms with Crippen molar-refractivity contribution in [3.05, 3.63) is 40.2 Å². The summed E-state index contributed by atoms with van der Waals surface area (Å²) >= 11 is 14.1. The fraction of sp³-hybridized carbons (Fsp3) is 0.0714. The van der Waals surface area contributed by atoms with Crippen molar-refractivity contribution in [3.63, 3.8) is 0 Å². The number of fused-ring (bicyclic) bond motifs is 1. The van der Waals surface area contributed by atoms with Crippen LogP contribution in [0.5, 0.6) is 0 Å². The first-order chi connectivity index (χ1) is 12.0. The second-order valence-electron chi connectivity index (χ2n) is 4.74. The van der Waals surface area contributed by atoms with Gasteiger partial charge in [0.05, 0.1) is 27.7 Å². The quantitative estimate of drug-likeness (QED) is 0.235. The van der Waals surface area contributed by atoms with E-state index >= 15 is 0 Å². The van der Waals surface area contributed by atoms with E-state index < -0.39 is 3.79 Å². The molecular formula is C14H7Cl2IN6O2. The molecule has 0 spiro atoms. The first-order valence-electron chi connectivity index (χ1n) is 6.70. The maximum Gasteiger partial charge on any atom is 0.242 e. The van der Waals surface area contributed by atoms with Crippen LogP contribution in [-0.4, -0.2) is 40.3 Å². The molecule has 0 atom stereocenters. The van der Waals surface area contributed by atoms with E-state index in [0.29, 0.717) is 23.9 Å². The van der Waals surface area contributed by atoms with E-state index in [2.05, 4.69) is 32.1 Å².